The van der Waals surface area contributed by atoms with Crippen LogP contribution in [-0.2, 0) is 0 Å². The van der Waals surface area contributed by atoms with Crippen LogP contribution in [0.3, 0.4) is 0 Å². The Labute approximate surface area is 102 Å². The highest BCUT2D eigenvalue weighted by Gasteiger charge is 2.03. The van der Waals surface area contributed by atoms with E-state index in [0.717, 1.165) is 15.5 Å². The molecule has 0 radical (unpaired) electrons. The number of fused-ring (bicyclic) bond motifs is 2. The Morgan fingerprint density at radius 2 is 1.44 bits per heavy atom. The van der Waals surface area contributed by atoms with E-state index < -0.39 is 0 Å². The third-order valence-corrected chi connectivity index (χ3v) is 3.55. The highest BCUT2D eigenvalue weighted by atomic mass is 79.9. The Morgan fingerprint density at radius 1 is 0.812 bits per heavy atom. The van der Waals surface area contributed by atoms with Gasteiger partial charge in [-0.3, -0.25) is 0 Å². The number of nitrogens with two attached hydrogens (primary N) is 1. The molecular weight excluding hydrogens is 262 g/mol. The van der Waals surface area contributed by atoms with Gasteiger partial charge in [0.1, 0.15) is 0 Å². The lowest BCUT2D eigenvalue weighted by Gasteiger charge is -2.06. The molecule has 0 spiro atoms. The molecule has 2 N–H and O–H groups in total. The SMILES string of the molecule is Nc1ccc(Br)c2cc3ccccc3cc12. The summed E-state index contributed by atoms with van der Waals surface area (Å²) in [5.41, 5.74) is 6.82. The van der Waals surface area contributed by atoms with Gasteiger partial charge in [0.05, 0.1) is 0 Å². The normalized spacial score (nSPS) is 11.1. The van der Waals surface area contributed by atoms with Gasteiger partial charge in [0.2, 0.25) is 0 Å². The van der Waals surface area contributed by atoms with E-state index in [1.54, 1.807) is 0 Å². The number of hydrogen-bond donors (Lipinski definition) is 1. The van der Waals surface area contributed by atoms with E-state index in [-0.39, 0.29) is 0 Å². The van der Waals surface area contributed by atoms with Crippen LogP contribution in [0.1, 0.15) is 0 Å². The Hall–Kier alpha value is -1.54. The first-order valence-corrected chi connectivity index (χ1v) is 5.91. The summed E-state index contributed by atoms with van der Waals surface area (Å²) in [7, 11) is 0. The minimum Gasteiger partial charge on any atom is -0.398 e. The molecule has 0 bridgehead atoms. The molecule has 0 aromatic heterocycles. The predicted molar refractivity (Wildman–Crippen MR) is 73.6 cm³/mol. The molecule has 1 nitrogen and oxygen atoms in total. The van der Waals surface area contributed by atoms with Crippen molar-refractivity contribution >= 4 is 43.2 Å². The van der Waals surface area contributed by atoms with Crippen molar-refractivity contribution in [3.05, 3.63) is 53.0 Å². The van der Waals surface area contributed by atoms with Crippen LogP contribution >= 0.6 is 15.9 Å². The van der Waals surface area contributed by atoms with Crippen molar-refractivity contribution in [1.82, 2.24) is 0 Å². The Morgan fingerprint density at radius 3 is 2.12 bits per heavy atom. The van der Waals surface area contributed by atoms with Crippen molar-refractivity contribution in [2.75, 3.05) is 5.73 Å². The average molecular weight is 272 g/mol. The highest BCUT2D eigenvalue weighted by molar-refractivity contribution is 9.10. The number of nitrogen functional groups attached to an aromatic ring is 1. The first-order chi connectivity index (χ1) is 7.75. The largest absolute Gasteiger partial charge is 0.398 e. The maximum Gasteiger partial charge on any atom is 0.0394 e. The second-order valence-electron chi connectivity index (χ2n) is 3.88. The molecule has 0 atom stereocenters. The van der Waals surface area contributed by atoms with E-state index in [0.29, 0.717) is 0 Å². The lowest BCUT2D eigenvalue weighted by Crippen LogP contribution is -1.87. The van der Waals surface area contributed by atoms with Gasteiger partial charge in [-0.15, -0.1) is 0 Å². The molecular formula is C14H10BrN. The van der Waals surface area contributed by atoms with Gasteiger partial charge in [0, 0.05) is 15.5 Å². The summed E-state index contributed by atoms with van der Waals surface area (Å²) in [4.78, 5) is 0. The van der Waals surface area contributed by atoms with Crippen molar-refractivity contribution in [1.29, 1.82) is 0 Å². The van der Waals surface area contributed by atoms with Crippen LogP contribution in [0.25, 0.3) is 21.5 Å². The second-order valence-corrected chi connectivity index (χ2v) is 4.74. The van der Waals surface area contributed by atoms with Gasteiger partial charge in [0.25, 0.3) is 0 Å². The summed E-state index contributed by atoms with van der Waals surface area (Å²) < 4.78 is 1.09. The summed E-state index contributed by atoms with van der Waals surface area (Å²) in [6.07, 6.45) is 0. The van der Waals surface area contributed by atoms with Crippen LogP contribution in [0, 0.1) is 0 Å². The predicted octanol–water partition coefficient (Wildman–Crippen LogP) is 4.34. The van der Waals surface area contributed by atoms with Crippen molar-refractivity contribution in [2.45, 2.75) is 0 Å². The van der Waals surface area contributed by atoms with E-state index in [1.165, 1.54) is 16.2 Å². The molecule has 0 amide bonds. The van der Waals surface area contributed by atoms with Gasteiger partial charge in [-0.05, 0) is 40.4 Å². The molecule has 3 rings (SSSR count). The summed E-state index contributed by atoms with van der Waals surface area (Å²) in [6, 6.07) is 16.6. The van der Waals surface area contributed by atoms with E-state index in [4.69, 9.17) is 5.73 Å². The molecule has 0 unspecified atom stereocenters. The maximum absolute atomic E-state index is 6.00. The highest BCUT2D eigenvalue weighted by Crippen LogP contribution is 2.32. The zero-order valence-electron chi connectivity index (χ0n) is 8.57. The van der Waals surface area contributed by atoms with E-state index >= 15 is 0 Å². The van der Waals surface area contributed by atoms with Crippen LogP contribution in [0.15, 0.2) is 53.0 Å². The number of anilines is 1. The van der Waals surface area contributed by atoms with Crippen LogP contribution in [0.2, 0.25) is 0 Å². The number of benzene rings is 3. The smallest absolute Gasteiger partial charge is 0.0394 e. The van der Waals surface area contributed by atoms with E-state index in [2.05, 4.69) is 40.2 Å². The summed E-state index contributed by atoms with van der Waals surface area (Å²) in [6.45, 7) is 0. The first-order valence-electron chi connectivity index (χ1n) is 5.12. The van der Waals surface area contributed by atoms with Gasteiger partial charge in [0.15, 0.2) is 0 Å². The summed E-state index contributed by atoms with van der Waals surface area (Å²) >= 11 is 3.56. The minimum atomic E-state index is 0.823. The standard InChI is InChI=1S/C14H10BrN/c15-13-5-6-14(16)12-8-10-4-2-1-3-9(10)7-11(12)13/h1-8H,16H2. The topological polar surface area (TPSA) is 26.0 Å². The molecule has 0 fully saturated rings. The molecule has 3 aromatic carbocycles. The van der Waals surface area contributed by atoms with Crippen molar-refractivity contribution in [2.24, 2.45) is 0 Å². The van der Waals surface area contributed by atoms with Gasteiger partial charge in [-0.25, -0.2) is 0 Å². The third kappa shape index (κ3) is 1.38. The number of halogens is 1. The van der Waals surface area contributed by atoms with Crippen molar-refractivity contribution < 1.29 is 0 Å². The second kappa shape index (κ2) is 3.49. The van der Waals surface area contributed by atoms with Crippen LogP contribution in [0.5, 0.6) is 0 Å². The molecule has 2 heteroatoms. The minimum absolute atomic E-state index is 0.823. The molecule has 16 heavy (non-hydrogen) atoms. The van der Waals surface area contributed by atoms with Crippen LogP contribution < -0.4 is 5.73 Å². The maximum atomic E-state index is 6.00. The van der Waals surface area contributed by atoms with E-state index in [9.17, 15) is 0 Å². The zero-order chi connectivity index (χ0) is 11.1. The average Bonchev–Trinajstić information content (AvgIpc) is 2.32. The molecule has 0 heterocycles. The quantitative estimate of drug-likeness (QED) is 0.478. The Balaban J connectivity index is 2.56. The van der Waals surface area contributed by atoms with Gasteiger partial charge in [-0.2, -0.15) is 0 Å². The number of hydrogen-bond acceptors (Lipinski definition) is 1. The fourth-order valence-electron chi connectivity index (χ4n) is 2.02. The zero-order valence-corrected chi connectivity index (χ0v) is 10.2. The fraction of sp³-hybridized carbons (Fsp3) is 0. The molecule has 3 aromatic rings. The van der Waals surface area contributed by atoms with Crippen LogP contribution in [-0.4, -0.2) is 0 Å². The molecule has 0 aliphatic heterocycles. The monoisotopic (exact) mass is 271 g/mol. The van der Waals surface area contributed by atoms with Gasteiger partial charge < -0.3 is 5.73 Å². The Kier molecular flexibility index (Phi) is 2.11. The van der Waals surface area contributed by atoms with Gasteiger partial charge >= 0.3 is 0 Å². The fourth-order valence-corrected chi connectivity index (χ4v) is 2.48. The summed E-state index contributed by atoms with van der Waals surface area (Å²) in [5.74, 6) is 0. The lowest BCUT2D eigenvalue weighted by atomic mass is 10.0. The molecule has 0 saturated heterocycles. The molecule has 0 saturated carbocycles. The van der Waals surface area contributed by atoms with Crippen LogP contribution in [0.4, 0.5) is 5.69 Å². The van der Waals surface area contributed by atoms with Crippen molar-refractivity contribution in [3.63, 3.8) is 0 Å². The van der Waals surface area contributed by atoms with E-state index in [1.807, 2.05) is 24.3 Å². The third-order valence-electron chi connectivity index (χ3n) is 2.86. The molecule has 0 aliphatic carbocycles. The first kappa shape index (κ1) is 9.67. The molecule has 78 valence electrons. The lowest BCUT2D eigenvalue weighted by molar-refractivity contribution is 1.71. The number of rotatable bonds is 0. The van der Waals surface area contributed by atoms with Gasteiger partial charge in [-0.1, -0.05) is 40.2 Å². The van der Waals surface area contributed by atoms with Crippen molar-refractivity contribution in [3.8, 4) is 0 Å². The molecule has 0 aliphatic rings. The summed E-state index contributed by atoms with van der Waals surface area (Å²) in [5, 5.41) is 4.73. The Bertz CT molecular complexity index is 629.